The van der Waals surface area contributed by atoms with Gasteiger partial charge in [-0.25, -0.2) is 13.4 Å². The second-order valence-electron chi connectivity index (χ2n) is 3.97. The number of methoxy groups -OCH3 is 1. The van der Waals surface area contributed by atoms with Crippen LogP contribution in [0.2, 0.25) is 0 Å². The second kappa shape index (κ2) is 5.27. The number of anilines is 1. The van der Waals surface area contributed by atoms with Gasteiger partial charge in [0.15, 0.2) is 9.84 Å². The SMILES string of the molecule is COc1ncccc1CS(=O)(=O)c1ccccc1N. The quantitative estimate of drug-likeness (QED) is 0.860. The average Bonchev–Trinajstić information content (AvgIpc) is 2.39. The van der Waals surface area contributed by atoms with Crippen molar-refractivity contribution in [2.24, 2.45) is 0 Å². The Hall–Kier alpha value is -2.08. The molecule has 0 fully saturated rings. The van der Waals surface area contributed by atoms with Crippen molar-refractivity contribution >= 4 is 15.5 Å². The molecule has 1 aromatic carbocycles. The number of ether oxygens (including phenoxy) is 1. The predicted molar refractivity (Wildman–Crippen MR) is 72.5 cm³/mol. The Morgan fingerprint density at radius 3 is 2.63 bits per heavy atom. The summed E-state index contributed by atoms with van der Waals surface area (Å²) in [6.45, 7) is 0. The third-order valence-corrected chi connectivity index (χ3v) is 4.38. The van der Waals surface area contributed by atoms with Crippen LogP contribution in [0, 0.1) is 0 Å². The van der Waals surface area contributed by atoms with Crippen molar-refractivity contribution in [3.8, 4) is 5.88 Å². The number of pyridine rings is 1. The predicted octanol–water partition coefficient (Wildman–Crippen LogP) is 1.65. The highest BCUT2D eigenvalue weighted by Gasteiger charge is 2.20. The van der Waals surface area contributed by atoms with Crippen molar-refractivity contribution in [1.29, 1.82) is 0 Å². The third kappa shape index (κ3) is 2.85. The summed E-state index contributed by atoms with van der Waals surface area (Å²) in [5.41, 5.74) is 6.45. The summed E-state index contributed by atoms with van der Waals surface area (Å²) in [6.07, 6.45) is 1.55. The van der Waals surface area contributed by atoms with Crippen molar-refractivity contribution in [2.45, 2.75) is 10.6 Å². The van der Waals surface area contributed by atoms with Crippen LogP contribution in [-0.4, -0.2) is 20.5 Å². The topological polar surface area (TPSA) is 82.3 Å². The van der Waals surface area contributed by atoms with E-state index < -0.39 is 9.84 Å². The maximum Gasteiger partial charge on any atom is 0.217 e. The van der Waals surface area contributed by atoms with Crippen LogP contribution in [0.5, 0.6) is 5.88 Å². The fourth-order valence-corrected chi connectivity index (χ4v) is 3.26. The first kappa shape index (κ1) is 13.4. The molecule has 2 rings (SSSR count). The highest BCUT2D eigenvalue weighted by molar-refractivity contribution is 7.90. The van der Waals surface area contributed by atoms with Gasteiger partial charge in [-0.05, 0) is 18.2 Å². The van der Waals surface area contributed by atoms with E-state index in [9.17, 15) is 8.42 Å². The minimum Gasteiger partial charge on any atom is -0.481 e. The minimum atomic E-state index is -3.52. The van der Waals surface area contributed by atoms with E-state index in [1.807, 2.05) is 0 Å². The number of hydrogen-bond donors (Lipinski definition) is 1. The molecule has 0 aliphatic carbocycles. The van der Waals surface area contributed by atoms with Gasteiger partial charge in [-0.1, -0.05) is 18.2 Å². The molecule has 0 bridgehead atoms. The number of nitrogen functional groups attached to an aromatic ring is 1. The summed E-state index contributed by atoms with van der Waals surface area (Å²) in [4.78, 5) is 4.11. The molecular weight excluding hydrogens is 264 g/mol. The maximum atomic E-state index is 12.3. The van der Waals surface area contributed by atoms with Crippen LogP contribution in [-0.2, 0) is 15.6 Å². The summed E-state index contributed by atoms with van der Waals surface area (Å²) in [7, 11) is -2.07. The zero-order valence-corrected chi connectivity index (χ0v) is 11.2. The molecule has 0 saturated heterocycles. The zero-order chi connectivity index (χ0) is 13.9. The standard InChI is InChI=1S/C13H14N2O3S/c1-18-13-10(5-4-8-15-13)9-19(16,17)12-7-3-2-6-11(12)14/h2-8H,9,14H2,1H3. The van der Waals surface area contributed by atoms with Crippen LogP contribution >= 0.6 is 0 Å². The lowest BCUT2D eigenvalue weighted by molar-refractivity contribution is 0.394. The van der Waals surface area contributed by atoms with Gasteiger partial charge in [-0.3, -0.25) is 0 Å². The van der Waals surface area contributed by atoms with E-state index in [0.29, 0.717) is 11.4 Å². The summed E-state index contributed by atoms with van der Waals surface area (Å²) >= 11 is 0. The van der Waals surface area contributed by atoms with E-state index in [1.54, 1.807) is 36.5 Å². The molecule has 0 amide bonds. The number of nitrogens with two attached hydrogens (primary N) is 1. The molecule has 1 aromatic heterocycles. The molecule has 100 valence electrons. The monoisotopic (exact) mass is 278 g/mol. The van der Waals surface area contributed by atoms with E-state index in [4.69, 9.17) is 10.5 Å². The van der Waals surface area contributed by atoms with E-state index in [1.165, 1.54) is 13.2 Å². The number of benzene rings is 1. The first-order valence-corrected chi connectivity index (χ1v) is 7.25. The molecule has 0 aliphatic rings. The molecule has 2 N–H and O–H groups in total. The molecule has 5 nitrogen and oxygen atoms in total. The Bertz CT molecular complexity index is 684. The lowest BCUT2D eigenvalue weighted by Crippen LogP contribution is -2.09. The van der Waals surface area contributed by atoms with Gasteiger partial charge in [0.1, 0.15) is 0 Å². The van der Waals surface area contributed by atoms with Crippen molar-refractivity contribution in [1.82, 2.24) is 4.98 Å². The number of nitrogens with zero attached hydrogens (tertiary/aromatic N) is 1. The van der Waals surface area contributed by atoms with Crippen molar-refractivity contribution < 1.29 is 13.2 Å². The number of rotatable bonds is 4. The molecule has 0 aliphatic heterocycles. The normalized spacial score (nSPS) is 11.2. The van der Waals surface area contributed by atoms with Gasteiger partial charge in [-0.2, -0.15) is 0 Å². The van der Waals surface area contributed by atoms with E-state index >= 15 is 0 Å². The van der Waals surface area contributed by atoms with Crippen LogP contribution < -0.4 is 10.5 Å². The first-order chi connectivity index (χ1) is 9.04. The van der Waals surface area contributed by atoms with Gasteiger partial charge >= 0.3 is 0 Å². The van der Waals surface area contributed by atoms with Gasteiger partial charge in [-0.15, -0.1) is 0 Å². The summed E-state index contributed by atoms with van der Waals surface area (Å²) in [5.74, 6) is 0.110. The summed E-state index contributed by atoms with van der Waals surface area (Å²) < 4.78 is 29.7. The molecule has 19 heavy (non-hydrogen) atoms. The Labute approximate surface area is 112 Å². The summed E-state index contributed by atoms with van der Waals surface area (Å²) in [5, 5.41) is 0. The van der Waals surface area contributed by atoms with Gasteiger partial charge < -0.3 is 10.5 Å². The van der Waals surface area contributed by atoms with E-state index in [2.05, 4.69) is 4.98 Å². The summed E-state index contributed by atoms with van der Waals surface area (Å²) in [6, 6.07) is 9.73. The van der Waals surface area contributed by atoms with Crippen molar-refractivity contribution in [3.63, 3.8) is 0 Å². The Balaban J connectivity index is 2.40. The lowest BCUT2D eigenvalue weighted by atomic mass is 10.3. The molecule has 0 spiro atoms. The largest absolute Gasteiger partial charge is 0.481 e. The number of para-hydroxylation sites is 1. The van der Waals surface area contributed by atoms with Crippen LogP contribution in [0.15, 0.2) is 47.5 Å². The Morgan fingerprint density at radius 1 is 1.21 bits per heavy atom. The fourth-order valence-electron chi connectivity index (χ4n) is 1.76. The number of aromatic nitrogens is 1. The zero-order valence-electron chi connectivity index (χ0n) is 10.4. The molecule has 0 unspecified atom stereocenters. The van der Waals surface area contributed by atoms with Crippen molar-refractivity contribution in [3.05, 3.63) is 48.2 Å². The third-order valence-electron chi connectivity index (χ3n) is 2.64. The Morgan fingerprint density at radius 2 is 1.95 bits per heavy atom. The molecule has 2 aromatic rings. The highest BCUT2D eigenvalue weighted by atomic mass is 32.2. The van der Waals surface area contributed by atoms with Crippen LogP contribution in [0.4, 0.5) is 5.69 Å². The lowest BCUT2D eigenvalue weighted by Gasteiger charge is -2.09. The maximum absolute atomic E-state index is 12.3. The van der Waals surface area contributed by atoms with Gasteiger partial charge in [0.25, 0.3) is 0 Å². The van der Waals surface area contributed by atoms with Gasteiger partial charge in [0.05, 0.1) is 23.4 Å². The second-order valence-corrected chi connectivity index (χ2v) is 5.93. The first-order valence-electron chi connectivity index (χ1n) is 5.60. The average molecular weight is 278 g/mol. The molecule has 0 radical (unpaired) electrons. The van der Waals surface area contributed by atoms with Crippen LogP contribution in [0.1, 0.15) is 5.56 Å². The molecule has 0 atom stereocenters. The molecule has 6 heteroatoms. The van der Waals surface area contributed by atoms with Crippen molar-refractivity contribution in [2.75, 3.05) is 12.8 Å². The Kier molecular flexibility index (Phi) is 3.71. The van der Waals surface area contributed by atoms with Crippen LogP contribution in [0.25, 0.3) is 0 Å². The fraction of sp³-hybridized carbons (Fsp3) is 0.154. The van der Waals surface area contributed by atoms with E-state index in [0.717, 1.165) is 0 Å². The van der Waals surface area contributed by atoms with Gasteiger partial charge in [0, 0.05) is 11.8 Å². The van der Waals surface area contributed by atoms with E-state index in [-0.39, 0.29) is 16.3 Å². The minimum absolute atomic E-state index is 0.126. The number of sulfone groups is 1. The molecule has 0 saturated carbocycles. The van der Waals surface area contributed by atoms with Gasteiger partial charge in [0.2, 0.25) is 5.88 Å². The van der Waals surface area contributed by atoms with Crippen LogP contribution in [0.3, 0.4) is 0 Å². The molecule has 1 heterocycles. The molecular formula is C13H14N2O3S. The highest BCUT2D eigenvalue weighted by Crippen LogP contribution is 2.25. The smallest absolute Gasteiger partial charge is 0.217 e. The number of hydrogen-bond acceptors (Lipinski definition) is 5.